The maximum atomic E-state index is 12.7. The summed E-state index contributed by atoms with van der Waals surface area (Å²) in [6.07, 6.45) is 0.253. The van der Waals surface area contributed by atoms with E-state index in [0.717, 1.165) is 5.56 Å². The number of hydrogen-bond donors (Lipinski definition) is 1. The van der Waals surface area contributed by atoms with Crippen molar-refractivity contribution in [3.63, 3.8) is 0 Å². The highest BCUT2D eigenvalue weighted by Gasteiger charge is 2.08. The molecule has 1 aromatic rings. The molecule has 1 amide bonds. The largest absolute Gasteiger partial charge is 0.370 e. The van der Waals surface area contributed by atoms with E-state index in [-0.39, 0.29) is 24.1 Å². The highest BCUT2D eigenvalue weighted by Crippen LogP contribution is 2.18. The van der Waals surface area contributed by atoms with Crippen molar-refractivity contribution >= 4 is 5.91 Å². The average molecular weight is 181 g/mol. The Kier molecular flexibility index (Phi) is 3.01. The van der Waals surface area contributed by atoms with Crippen LogP contribution in [0.1, 0.15) is 24.8 Å². The van der Waals surface area contributed by atoms with Gasteiger partial charge in [0.25, 0.3) is 0 Å². The molecule has 0 aliphatic carbocycles. The van der Waals surface area contributed by atoms with Crippen LogP contribution in [0.4, 0.5) is 4.39 Å². The Bertz CT molecular complexity index is 312. The van der Waals surface area contributed by atoms with Crippen LogP contribution in [-0.4, -0.2) is 5.91 Å². The number of hydrogen-bond acceptors (Lipinski definition) is 1. The van der Waals surface area contributed by atoms with Gasteiger partial charge in [-0.1, -0.05) is 19.1 Å². The highest BCUT2D eigenvalue weighted by atomic mass is 19.1. The topological polar surface area (TPSA) is 43.1 Å². The number of halogens is 1. The molecule has 1 aromatic carbocycles. The summed E-state index contributed by atoms with van der Waals surface area (Å²) < 4.78 is 12.7. The summed E-state index contributed by atoms with van der Waals surface area (Å²) in [6.45, 7) is 1.85. The summed E-state index contributed by atoms with van der Waals surface area (Å²) in [6, 6.07) is 6.22. The van der Waals surface area contributed by atoms with E-state index in [1.165, 1.54) is 12.1 Å². The van der Waals surface area contributed by atoms with E-state index in [9.17, 15) is 9.18 Å². The first-order valence-electron chi connectivity index (χ1n) is 4.13. The summed E-state index contributed by atoms with van der Waals surface area (Å²) in [4.78, 5) is 10.6. The lowest BCUT2D eigenvalue weighted by Gasteiger charge is -2.08. The number of benzene rings is 1. The standard InChI is InChI=1S/C10H12FNO/c1-7(5-10(12)13)8-3-2-4-9(11)6-8/h2-4,6-7H,5H2,1H3,(H2,12,13). The fraction of sp³-hybridized carbons (Fsp3) is 0.300. The molecule has 0 aromatic heterocycles. The predicted molar refractivity (Wildman–Crippen MR) is 48.6 cm³/mol. The molecule has 0 bridgehead atoms. The second-order valence-corrected chi connectivity index (χ2v) is 3.13. The molecule has 0 saturated carbocycles. The van der Waals surface area contributed by atoms with Crippen LogP contribution < -0.4 is 5.73 Å². The second kappa shape index (κ2) is 4.03. The SMILES string of the molecule is CC(CC(N)=O)c1cccc(F)c1. The molecule has 1 unspecified atom stereocenters. The number of nitrogens with two attached hydrogens (primary N) is 1. The van der Waals surface area contributed by atoms with E-state index in [0.29, 0.717) is 0 Å². The molecule has 0 heterocycles. The van der Waals surface area contributed by atoms with E-state index in [1.807, 2.05) is 6.92 Å². The quantitative estimate of drug-likeness (QED) is 0.759. The maximum Gasteiger partial charge on any atom is 0.218 e. The first-order valence-corrected chi connectivity index (χ1v) is 4.13. The van der Waals surface area contributed by atoms with Gasteiger partial charge in [-0.05, 0) is 23.6 Å². The molecule has 3 heteroatoms. The minimum absolute atomic E-state index is 0.0202. The van der Waals surface area contributed by atoms with Crippen molar-refractivity contribution in [2.24, 2.45) is 5.73 Å². The summed E-state index contributed by atoms with van der Waals surface area (Å²) in [5, 5.41) is 0. The van der Waals surface area contributed by atoms with Gasteiger partial charge in [0.15, 0.2) is 0 Å². The third kappa shape index (κ3) is 2.86. The molecule has 0 radical (unpaired) electrons. The van der Waals surface area contributed by atoms with E-state index in [1.54, 1.807) is 12.1 Å². The van der Waals surface area contributed by atoms with Crippen molar-refractivity contribution < 1.29 is 9.18 Å². The monoisotopic (exact) mass is 181 g/mol. The molecule has 70 valence electrons. The zero-order valence-corrected chi connectivity index (χ0v) is 7.46. The van der Waals surface area contributed by atoms with Crippen molar-refractivity contribution in [1.82, 2.24) is 0 Å². The normalized spacial score (nSPS) is 12.5. The Morgan fingerprint density at radius 2 is 2.31 bits per heavy atom. The van der Waals surface area contributed by atoms with Gasteiger partial charge in [-0.2, -0.15) is 0 Å². The lowest BCUT2D eigenvalue weighted by molar-refractivity contribution is -0.118. The first-order chi connectivity index (χ1) is 6.09. The van der Waals surface area contributed by atoms with Crippen molar-refractivity contribution in [2.45, 2.75) is 19.3 Å². The van der Waals surface area contributed by atoms with Crippen LogP contribution in [0.3, 0.4) is 0 Å². The molecular weight excluding hydrogens is 169 g/mol. The van der Waals surface area contributed by atoms with E-state index >= 15 is 0 Å². The Morgan fingerprint density at radius 3 is 2.85 bits per heavy atom. The predicted octanol–water partition coefficient (Wildman–Crippen LogP) is 1.80. The maximum absolute atomic E-state index is 12.7. The van der Waals surface area contributed by atoms with Crippen molar-refractivity contribution in [1.29, 1.82) is 0 Å². The molecule has 0 spiro atoms. The van der Waals surface area contributed by atoms with Gasteiger partial charge in [0.05, 0.1) is 0 Å². The summed E-state index contributed by atoms with van der Waals surface area (Å²) >= 11 is 0. The van der Waals surface area contributed by atoms with E-state index in [2.05, 4.69) is 0 Å². The van der Waals surface area contributed by atoms with Crippen molar-refractivity contribution in [3.8, 4) is 0 Å². The summed E-state index contributed by atoms with van der Waals surface area (Å²) in [7, 11) is 0. The smallest absolute Gasteiger partial charge is 0.218 e. The van der Waals surface area contributed by atoms with Gasteiger partial charge in [0.2, 0.25) is 5.91 Å². The molecule has 0 aliphatic heterocycles. The Labute approximate surface area is 76.6 Å². The van der Waals surface area contributed by atoms with Gasteiger partial charge >= 0.3 is 0 Å². The van der Waals surface area contributed by atoms with Crippen LogP contribution in [-0.2, 0) is 4.79 Å². The Hall–Kier alpha value is -1.38. The number of primary amides is 1. The summed E-state index contributed by atoms with van der Waals surface area (Å²) in [5.41, 5.74) is 5.84. The fourth-order valence-electron chi connectivity index (χ4n) is 1.23. The first kappa shape index (κ1) is 9.71. The fourth-order valence-corrected chi connectivity index (χ4v) is 1.23. The zero-order valence-electron chi connectivity index (χ0n) is 7.46. The van der Waals surface area contributed by atoms with Crippen LogP contribution in [0.15, 0.2) is 24.3 Å². The molecule has 0 saturated heterocycles. The van der Waals surface area contributed by atoms with Gasteiger partial charge in [0, 0.05) is 6.42 Å². The number of carbonyl (C=O) groups excluding carboxylic acids is 1. The van der Waals surface area contributed by atoms with Crippen molar-refractivity contribution in [3.05, 3.63) is 35.6 Å². The Balaban J connectivity index is 2.76. The van der Waals surface area contributed by atoms with Crippen LogP contribution in [0, 0.1) is 5.82 Å². The van der Waals surface area contributed by atoms with Crippen LogP contribution in [0.2, 0.25) is 0 Å². The van der Waals surface area contributed by atoms with Gasteiger partial charge in [0.1, 0.15) is 5.82 Å². The van der Waals surface area contributed by atoms with Crippen molar-refractivity contribution in [2.75, 3.05) is 0 Å². The molecule has 0 fully saturated rings. The third-order valence-electron chi connectivity index (χ3n) is 1.93. The molecular formula is C10H12FNO. The minimum Gasteiger partial charge on any atom is -0.370 e. The molecule has 1 rings (SSSR count). The van der Waals surface area contributed by atoms with E-state index < -0.39 is 0 Å². The second-order valence-electron chi connectivity index (χ2n) is 3.13. The zero-order chi connectivity index (χ0) is 9.84. The van der Waals surface area contributed by atoms with Gasteiger partial charge in [-0.15, -0.1) is 0 Å². The number of carbonyl (C=O) groups is 1. The molecule has 1 atom stereocenters. The van der Waals surface area contributed by atoms with Crippen LogP contribution >= 0.6 is 0 Å². The Morgan fingerprint density at radius 1 is 1.62 bits per heavy atom. The van der Waals surface area contributed by atoms with Gasteiger partial charge < -0.3 is 5.73 Å². The number of rotatable bonds is 3. The van der Waals surface area contributed by atoms with Crippen LogP contribution in [0.25, 0.3) is 0 Å². The molecule has 0 aliphatic rings. The van der Waals surface area contributed by atoms with Gasteiger partial charge in [-0.3, -0.25) is 4.79 Å². The average Bonchev–Trinajstić information content (AvgIpc) is 2.03. The highest BCUT2D eigenvalue weighted by molar-refractivity contribution is 5.74. The molecule has 13 heavy (non-hydrogen) atoms. The summed E-state index contributed by atoms with van der Waals surface area (Å²) in [5.74, 6) is -0.668. The molecule has 2 N–H and O–H groups in total. The van der Waals surface area contributed by atoms with Crippen LogP contribution in [0.5, 0.6) is 0 Å². The lowest BCUT2D eigenvalue weighted by Crippen LogP contribution is -2.13. The third-order valence-corrected chi connectivity index (χ3v) is 1.93. The number of amides is 1. The molecule has 2 nitrogen and oxygen atoms in total. The minimum atomic E-state index is -0.364. The van der Waals surface area contributed by atoms with E-state index in [4.69, 9.17) is 5.73 Å². The lowest BCUT2D eigenvalue weighted by atomic mass is 9.98. The van der Waals surface area contributed by atoms with Gasteiger partial charge in [-0.25, -0.2) is 4.39 Å².